The molecule has 9 aliphatic rings. The van der Waals surface area contributed by atoms with Crippen LogP contribution < -0.4 is 0 Å². The van der Waals surface area contributed by atoms with Gasteiger partial charge in [0.25, 0.3) is 0 Å². The van der Waals surface area contributed by atoms with Crippen LogP contribution in [-0.4, -0.2) is 149 Å². The molecule has 9 aliphatic heterocycles. The SMILES string of the molecule is CCC1O[C@@H](O[C@H]2C(CC)O[C@@H](O[C@H]3C(C)C(C)[C@@H]4OC[C@@H]3O4)[C@H](C)C2C)[C@H](C)C(C)[C@H]1O[C@H]1O[C@H](CC)[C@@H](O[C@H]2O[C@H](CC)[C@@H](O[C@@H]3OC(CC)[C@H](O[C@@H]4OC5COC(C)O[C@@H]5[C@H](C)C4C)C(C)[C@H]3C)C(C)C2C)C(C)C1C. The second-order valence-corrected chi connectivity index (χ2v) is 26.8. The zero-order chi connectivity index (χ0) is 57.0. The molecule has 79 heavy (non-hydrogen) atoms. The molecule has 0 aromatic carbocycles. The van der Waals surface area contributed by atoms with Crippen molar-refractivity contribution in [3.63, 3.8) is 0 Å². The van der Waals surface area contributed by atoms with Crippen LogP contribution in [0.3, 0.4) is 0 Å². The number of rotatable bonds is 17. The minimum Gasteiger partial charge on any atom is -0.350 e. The van der Waals surface area contributed by atoms with Gasteiger partial charge in [-0.3, -0.25) is 0 Å². The Morgan fingerprint density at radius 2 is 0.544 bits per heavy atom. The van der Waals surface area contributed by atoms with Gasteiger partial charge in [-0.25, -0.2) is 0 Å². The maximum atomic E-state index is 7.19. The Kier molecular flexibility index (Phi) is 21.1. The van der Waals surface area contributed by atoms with Crippen molar-refractivity contribution in [3.8, 4) is 0 Å². The highest BCUT2D eigenvalue weighted by Crippen LogP contribution is 2.48. The first-order valence-electron chi connectivity index (χ1n) is 32.0. The zero-order valence-electron chi connectivity index (χ0n) is 52.3. The largest absolute Gasteiger partial charge is 0.350 e. The van der Waals surface area contributed by atoms with Crippen molar-refractivity contribution >= 4 is 0 Å². The van der Waals surface area contributed by atoms with Crippen molar-refractivity contribution in [2.45, 2.75) is 306 Å². The molecular weight excluding hydrogens is 1010 g/mol. The molecule has 9 fully saturated rings. The molecule has 0 spiro atoms. The molecule has 9 heterocycles. The Balaban J connectivity index is 0.786. The number of hydrogen-bond acceptors (Lipinski definition) is 16. The van der Waals surface area contributed by atoms with Crippen LogP contribution in [0.1, 0.15) is 171 Å². The van der Waals surface area contributed by atoms with Gasteiger partial charge in [-0.15, -0.1) is 0 Å². The van der Waals surface area contributed by atoms with Crippen molar-refractivity contribution < 1.29 is 75.8 Å². The second kappa shape index (κ2) is 26.5. The fraction of sp³-hybridized carbons (Fsp3) is 1.00. The Morgan fingerprint density at radius 3 is 0.873 bits per heavy atom. The van der Waals surface area contributed by atoms with Crippen LogP contribution in [0.25, 0.3) is 0 Å². The molecule has 36 atom stereocenters. The molecule has 0 amide bonds. The van der Waals surface area contributed by atoms with Gasteiger partial charge in [0.15, 0.2) is 50.3 Å². The maximum Gasteiger partial charge on any atom is 0.161 e. The van der Waals surface area contributed by atoms with Gasteiger partial charge >= 0.3 is 0 Å². The van der Waals surface area contributed by atoms with E-state index >= 15 is 0 Å². The second-order valence-electron chi connectivity index (χ2n) is 26.8. The van der Waals surface area contributed by atoms with Crippen molar-refractivity contribution in [2.75, 3.05) is 13.2 Å². The summed E-state index contributed by atoms with van der Waals surface area (Å²) in [4.78, 5) is 0. The van der Waals surface area contributed by atoms with E-state index in [9.17, 15) is 0 Å². The van der Waals surface area contributed by atoms with Crippen LogP contribution in [0.4, 0.5) is 0 Å². The van der Waals surface area contributed by atoms with E-state index in [0.29, 0.717) is 19.1 Å². The maximum absolute atomic E-state index is 7.19. The summed E-state index contributed by atoms with van der Waals surface area (Å²) in [6, 6.07) is 0. The first kappa shape index (κ1) is 62.9. The summed E-state index contributed by atoms with van der Waals surface area (Å²) >= 11 is 0. The normalized spacial score (nSPS) is 55.3. The Morgan fingerprint density at radius 1 is 0.266 bits per heavy atom. The standard InChI is InChI=1S/C63H110O16/c1-21-43-50(74-59-37(15)30(8)52(45(23-3)68-59)76-61-39(17)32(10)54(47(25-5)70-61)78-63-41(19)34(12)55-48(73-63)26-64-42(20)66-55)29(7)36(14)58(67-43)75-51-31(9)38(16)60(69-44(51)22-2)77-53-33(11)40(18)62(71-46(53)24-4)79-56-28(6)35(13)57-65-27-49(56)72-57/h28-63H,21-27H2,1-20H3/t28?,29?,30?,31?,32?,33?,34-,35?,36?,37?,38-,39-,40-,41?,42?,43-,44?,45-,46?,47?,48?,49+,50+,51-,52+,53-,54-,55-,56+,57-,58-,59-,60+,61+,62+,63+/m1/s1. The Labute approximate surface area is 476 Å². The summed E-state index contributed by atoms with van der Waals surface area (Å²) < 4.78 is 108. The Bertz CT molecular complexity index is 1890. The van der Waals surface area contributed by atoms with Crippen LogP contribution >= 0.6 is 0 Å². The predicted molar refractivity (Wildman–Crippen MR) is 296 cm³/mol. The molecule has 0 aliphatic carbocycles. The number of fused-ring (bicyclic) bond motifs is 3. The van der Waals surface area contributed by atoms with Crippen molar-refractivity contribution in [3.05, 3.63) is 0 Å². The average molecular weight is 1120 g/mol. The summed E-state index contributed by atoms with van der Waals surface area (Å²) in [6.45, 7) is 45.4. The minimum atomic E-state index is -0.425. The van der Waals surface area contributed by atoms with Crippen molar-refractivity contribution in [1.82, 2.24) is 0 Å². The quantitative estimate of drug-likeness (QED) is 0.136. The molecule has 0 N–H and O–H groups in total. The molecule has 9 saturated heterocycles. The van der Waals surface area contributed by atoms with Gasteiger partial charge in [0, 0.05) is 41.4 Å². The molecule has 16 nitrogen and oxygen atoms in total. The molecule has 15 unspecified atom stereocenters. The lowest BCUT2D eigenvalue weighted by atomic mass is 9.80. The highest BCUT2D eigenvalue weighted by atomic mass is 16.8. The lowest BCUT2D eigenvalue weighted by Gasteiger charge is -2.53. The molecule has 9 rings (SSSR count). The molecule has 0 radical (unpaired) electrons. The summed E-state index contributed by atoms with van der Waals surface area (Å²) in [6.07, 6.45) is -0.830. The minimum absolute atomic E-state index is 0.00912. The third kappa shape index (κ3) is 12.5. The zero-order valence-corrected chi connectivity index (χ0v) is 52.3. The topological polar surface area (TPSA) is 148 Å². The molecule has 0 aromatic heterocycles. The lowest BCUT2D eigenvalue weighted by molar-refractivity contribution is -0.374. The van der Waals surface area contributed by atoms with Crippen LogP contribution in [0.15, 0.2) is 0 Å². The van der Waals surface area contributed by atoms with Crippen LogP contribution in [0, 0.1) is 82.9 Å². The molecule has 2 bridgehead atoms. The van der Waals surface area contributed by atoms with Crippen LogP contribution in [0.2, 0.25) is 0 Å². The van der Waals surface area contributed by atoms with E-state index in [1.165, 1.54) is 0 Å². The van der Waals surface area contributed by atoms with Crippen molar-refractivity contribution in [1.29, 1.82) is 0 Å². The third-order valence-corrected chi connectivity index (χ3v) is 22.2. The number of ether oxygens (including phenoxy) is 16. The monoisotopic (exact) mass is 1120 g/mol. The van der Waals surface area contributed by atoms with E-state index in [2.05, 4.69) is 132 Å². The first-order valence-corrected chi connectivity index (χ1v) is 32.0. The van der Waals surface area contributed by atoms with E-state index in [1.54, 1.807) is 0 Å². The van der Waals surface area contributed by atoms with Gasteiger partial charge in [0.05, 0.1) is 86.5 Å². The highest BCUT2D eigenvalue weighted by Gasteiger charge is 2.56. The van der Waals surface area contributed by atoms with Crippen LogP contribution in [0.5, 0.6) is 0 Å². The molecule has 0 aromatic rings. The summed E-state index contributed by atoms with van der Waals surface area (Å²) in [5.41, 5.74) is 0. The van der Waals surface area contributed by atoms with Gasteiger partial charge in [-0.05, 0) is 80.5 Å². The summed E-state index contributed by atoms with van der Waals surface area (Å²) in [5.74, 6) is 2.02. The fourth-order valence-electron chi connectivity index (χ4n) is 14.9. The molecule has 458 valence electrons. The van der Waals surface area contributed by atoms with Gasteiger partial charge < -0.3 is 75.8 Å². The van der Waals surface area contributed by atoms with Gasteiger partial charge in [0.2, 0.25) is 0 Å². The van der Waals surface area contributed by atoms with E-state index in [4.69, 9.17) is 75.8 Å². The lowest BCUT2D eigenvalue weighted by Crippen LogP contribution is -2.60. The van der Waals surface area contributed by atoms with E-state index in [-0.39, 0.29) is 188 Å². The summed E-state index contributed by atoms with van der Waals surface area (Å²) in [5, 5.41) is 0. The van der Waals surface area contributed by atoms with E-state index in [0.717, 1.165) is 32.1 Å². The summed E-state index contributed by atoms with van der Waals surface area (Å²) in [7, 11) is 0. The van der Waals surface area contributed by atoms with E-state index < -0.39 is 25.2 Å². The van der Waals surface area contributed by atoms with Crippen molar-refractivity contribution in [2.24, 2.45) is 82.9 Å². The number of hydrogen-bond donors (Lipinski definition) is 0. The Hall–Kier alpha value is -0.640. The molecule has 16 heteroatoms. The van der Waals surface area contributed by atoms with Gasteiger partial charge in [-0.2, -0.15) is 0 Å². The van der Waals surface area contributed by atoms with Crippen LogP contribution in [-0.2, 0) is 75.8 Å². The van der Waals surface area contributed by atoms with Gasteiger partial charge in [-0.1, -0.05) is 132 Å². The van der Waals surface area contributed by atoms with Gasteiger partial charge in [0.1, 0.15) is 12.2 Å². The molecule has 0 saturated carbocycles. The predicted octanol–water partition coefficient (Wildman–Crippen LogP) is 11.1. The fourth-order valence-corrected chi connectivity index (χ4v) is 14.9. The van der Waals surface area contributed by atoms with E-state index in [1.807, 2.05) is 6.92 Å². The third-order valence-electron chi connectivity index (χ3n) is 22.2. The first-order chi connectivity index (χ1) is 37.6. The molecular formula is C63H110O16. The average Bonchev–Trinajstić information content (AvgIpc) is 3.98. The highest BCUT2D eigenvalue weighted by molar-refractivity contribution is 4.97. The smallest absolute Gasteiger partial charge is 0.161 e.